The molecular formula is C14H22BrNO2. The third-order valence-electron chi connectivity index (χ3n) is 2.90. The first kappa shape index (κ1) is 15.5. The number of hydrogen-bond donors (Lipinski definition) is 1. The minimum atomic E-state index is 0.0846. The predicted molar refractivity (Wildman–Crippen MR) is 78.1 cm³/mol. The van der Waals surface area contributed by atoms with Gasteiger partial charge in [0.25, 0.3) is 0 Å². The van der Waals surface area contributed by atoms with Crippen molar-refractivity contribution in [2.45, 2.75) is 38.8 Å². The van der Waals surface area contributed by atoms with Gasteiger partial charge in [-0.25, -0.2) is 0 Å². The maximum absolute atomic E-state index is 6.01. The minimum absolute atomic E-state index is 0.0846. The van der Waals surface area contributed by atoms with E-state index in [2.05, 4.69) is 28.9 Å². The molecule has 0 radical (unpaired) electrons. The molecular weight excluding hydrogens is 294 g/mol. The van der Waals surface area contributed by atoms with Crippen LogP contribution in [0.15, 0.2) is 22.7 Å². The Labute approximate surface area is 118 Å². The molecule has 0 heterocycles. The number of rotatable bonds is 7. The normalized spacial score (nSPS) is 14.3. The van der Waals surface area contributed by atoms with Gasteiger partial charge in [0.2, 0.25) is 0 Å². The Kier molecular flexibility index (Phi) is 6.68. The highest BCUT2D eigenvalue weighted by Crippen LogP contribution is 2.25. The van der Waals surface area contributed by atoms with Gasteiger partial charge in [0.05, 0.1) is 6.10 Å². The molecule has 0 saturated carbocycles. The van der Waals surface area contributed by atoms with Crippen LogP contribution in [0.5, 0.6) is 5.75 Å². The van der Waals surface area contributed by atoms with E-state index in [0.29, 0.717) is 6.61 Å². The summed E-state index contributed by atoms with van der Waals surface area (Å²) in [5.74, 6) is 0.894. The second kappa shape index (κ2) is 7.77. The molecule has 2 N–H and O–H groups in total. The lowest BCUT2D eigenvalue weighted by atomic mass is 10.0. The van der Waals surface area contributed by atoms with Crippen LogP contribution in [-0.4, -0.2) is 25.9 Å². The summed E-state index contributed by atoms with van der Waals surface area (Å²) < 4.78 is 12.0. The van der Waals surface area contributed by atoms with Gasteiger partial charge in [0, 0.05) is 17.6 Å². The van der Waals surface area contributed by atoms with Crippen molar-refractivity contribution in [3.8, 4) is 5.75 Å². The zero-order valence-electron chi connectivity index (χ0n) is 11.3. The summed E-state index contributed by atoms with van der Waals surface area (Å²) >= 11 is 3.48. The highest BCUT2D eigenvalue weighted by atomic mass is 79.9. The van der Waals surface area contributed by atoms with Crippen molar-refractivity contribution in [2.75, 3.05) is 13.7 Å². The quantitative estimate of drug-likeness (QED) is 0.840. The number of methoxy groups -OCH3 is 1. The van der Waals surface area contributed by atoms with Crippen molar-refractivity contribution < 1.29 is 9.47 Å². The third-order valence-corrected chi connectivity index (χ3v) is 3.40. The van der Waals surface area contributed by atoms with Gasteiger partial charge in [-0.05, 0) is 43.5 Å². The predicted octanol–water partition coefficient (Wildman–Crippen LogP) is 3.14. The minimum Gasteiger partial charge on any atom is -0.491 e. The van der Waals surface area contributed by atoms with Crippen LogP contribution in [0.25, 0.3) is 0 Å². The van der Waals surface area contributed by atoms with Crippen LogP contribution in [0.4, 0.5) is 0 Å². The first-order valence-corrected chi connectivity index (χ1v) is 7.05. The van der Waals surface area contributed by atoms with E-state index in [1.165, 1.54) is 0 Å². The summed E-state index contributed by atoms with van der Waals surface area (Å²) in [5.41, 5.74) is 7.15. The molecule has 18 heavy (non-hydrogen) atoms. The summed E-state index contributed by atoms with van der Waals surface area (Å²) in [6, 6.07) is 6.20. The van der Waals surface area contributed by atoms with E-state index < -0.39 is 0 Å². The van der Waals surface area contributed by atoms with Crippen LogP contribution in [0.3, 0.4) is 0 Å². The Morgan fingerprint density at radius 2 is 2.11 bits per heavy atom. The number of hydrogen-bond acceptors (Lipinski definition) is 3. The van der Waals surface area contributed by atoms with Gasteiger partial charge in [0.1, 0.15) is 12.4 Å². The van der Waals surface area contributed by atoms with E-state index in [1.807, 2.05) is 19.1 Å². The van der Waals surface area contributed by atoms with Crippen LogP contribution >= 0.6 is 15.9 Å². The molecule has 0 amide bonds. The lowest BCUT2D eigenvalue weighted by molar-refractivity contribution is 0.0713. The number of nitrogens with two attached hydrogens (primary N) is 1. The highest BCUT2D eigenvalue weighted by Gasteiger charge is 2.10. The smallest absolute Gasteiger partial charge is 0.122 e. The lowest BCUT2D eigenvalue weighted by Gasteiger charge is -2.17. The molecule has 0 aromatic heterocycles. The van der Waals surface area contributed by atoms with Gasteiger partial charge in [-0.1, -0.05) is 22.9 Å². The largest absolute Gasteiger partial charge is 0.491 e. The van der Waals surface area contributed by atoms with Crippen molar-refractivity contribution in [1.82, 2.24) is 0 Å². The van der Waals surface area contributed by atoms with Crippen LogP contribution in [0, 0.1) is 0 Å². The number of halogens is 1. The molecule has 0 spiro atoms. The van der Waals surface area contributed by atoms with Crippen molar-refractivity contribution in [1.29, 1.82) is 0 Å². The summed E-state index contributed by atoms with van der Waals surface area (Å²) in [7, 11) is 1.68. The molecule has 0 fully saturated rings. The van der Waals surface area contributed by atoms with Crippen molar-refractivity contribution >= 4 is 15.9 Å². The average molecular weight is 316 g/mol. The summed E-state index contributed by atoms with van der Waals surface area (Å²) in [6.45, 7) is 4.62. The fourth-order valence-corrected chi connectivity index (χ4v) is 1.96. The van der Waals surface area contributed by atoms with Crippen molar-refractivity contribution in [2.24, 2.45) is 5.73 Å². The second-order valence-corrected chi connectivity index (χ2v) is 5.40. The molecule has 2 unspecified atom stereocenters. The molecule has 4 heteroatoms. The fraction of sp³-hybridized carbons (Fsp3) is 0.571. The Hall–Kier alpha value is -0.580. The van der Waals surface area contributed by atoms with Crippen LogP contribution in [0.1, 0.15) is 25.8 Å². The highest BCUT2D eigenvalue weighted by molar-refractivity contribution is 9.10. The van der Waals surface area contributed by atoms with Gasteiger partial charge in [-0.15, -0.1) is 0 Å². The monoisotopic (exact) mass is 315 g/mol. The zero-order chi connectivity index (χ0) is 13.5. The van der Waals surface area contributed by atoms with Crippen molar-refractivity contribution in [3.05, 3.63) is 28.2 Å². The molecule has 0 saturated heterocycles. The topological polar surface area (TPSA) is 44.5 Å². The van der Waals surface area contributed by atoms with Crippen molar-refractivity contribution in [3.63, 3.8) is 0 Å². The van der Waals surface area contributed by atoms with E-state index in [9.17, 15) is 0 Å². The Balaban J connectivity index is 2.76. The molecule has 1 aromatic rings. The SMILES string of the molecule is CCC(N)Cc1cc(Br)ccc1OCC(C)OC. The zero-order valence-corrected chi connectivity index (χ0v) is 12.9. The van der Waals surface area contributed by atoms with Gasteiger partial charge in [-0.2, -0.15) is 0 Å². The molecule has 102 valence electrons. The molecule has 2 atom stereocenters. The number of benzene rings is 1. The van der Waals surface area contributed by atoms with Gasteiger partial charge >= 0.3 is 0 Å². The molecule has 1 rings (SSSR count). The first-order chi connectivity index (χ1) is 8.56. The fourth-order valence-electron chi connectivity index (χ4n) is 1.55. The maximum Gasteiger partial charge on any atom is 0.122 e. The van der Waals surface area contributed by atoms with Crippen LogP contribution in [0.2, 0.25) is 0 Å². The molecule has 0 aliphatic rings. The van der Waals surface area contributed by atoms with E-state index in [1.54, 1.807) is 7.11 Å². The summed E-state index contributed by atoms with van der Waals surface area (Å²) in [5, 5.41) is 0. The number of ether oxygens (including phenoxy) is 2. The Morgan fingerprint density at radius 3 is 2.72 bits per heavy atom. The Morgan fingerprint density at radius 1 is 1.39 bits per heavy atom. The third kappa shape index (κ3) is 4.96. The molecule has 0 bridgehead atoms. The van der Waals surface area contributed by atoms with Gasteiger partial charge in [-0.3, -0.25) is 0 Å². The standard InChI is InChI=1S/C14H22BrNO2/c1-4-13(16)8-11-7-12(15)5-6-14(11)18-9-10(2)17-3/h5-7,10,13H,4,8-9,16H2,1-3H3. The molecule has 1 aromatic carbocycles. The average Bonchev–Trinajstić information content (AvgIpc) is 2.37. The van der Waals surface area contributed by atoms with Gasteiger partial charge < -0.3 is 15.2 Å². The Bertz CT molecular complexity index is 371. The van der Waals surface area contributed by atoms with Gasteiger partial charge in [0.15, 0.2) is 0 Å². The van der Waals surface area contributed by atoms with E-state index in [-0.39, 0.29) is 12.1 Å². The molecule has 0 aliphatic heterocycles. The van der Waals surface area contributed by atoms with E-state index in [0.717, 1.165) is 28.6 Å². The molecule has 3 nitrogen and oxygen atoms in total. The van der Waals surface area contributed by atoms with E-state index >= 15 is 0 Å². The van der Waals surface area contributed by atoms with E-state index in [4.69, 9.17) is 15.2 Å². The van der Waals surface area contributed by atoms with Crippen LogP contribution < -0.4 is 10.5 Å². The summed E-state index contributed by atoms with van der Waals surface area (Å²) in [4.78, 5) is 0. The molecule has 0 aliphatic carbocycles. The maximum atomic E-state index is 6.01. The lowest BCUT2D eigenvalue weighted by Crippen LogP contribution is -2.22. The summed E-state index contributed by atoms with van der Waals surface area (Å²) in [6.07, 6.45) is 1.87. The van der Waals surface area contributed by atoms with Crippen LogP contribution in [-0.2, 0) is 11.2 Å². The second-order valence-electron chi connectivity index (χ2n) is 4.48. The first-order valence-electron chi connectivity index (χ1n) is 6.26.